The summed E-state index contributed by atoms with van der Waals surface area (Å²) in [7, 11) is 0. The largest absolute Gasteiger partial charge is 0.444 e. The lowest BCUT2D eigenvalue weighted by Gasteiger charge is -2.29. The van der Waals surface area contributed by atoms with Crippen molar-refractivity contribution in [2.24, 2.45) is 5.92 Å². The van der Waals surface area contributed by atoms with Crippen LogP contribution in [0.2, 0.25) is 0 Å². The number of hydrogen-bond acceptors (Lipinski definition) is 5. The maximum absolute atomic E-state index is 13.7. The van der Waals surface area contributed by atoms with E-state index in [1.807, 2.05) is 56.1 Å². The number of nitrogens with zero attached hydrogens (tertiary/aromatic N) is 3. The van der Waals surface area contributed by atoms with Gasteiger partial charge in [0.05, 0.1) is 11.9 Å². The average Bonchev–Trinajstić information content (AvgIpc) is 3.41. The molecular weight excluding hydrogens is 488 g/mol. The third-order valence-electron chi connectivity index (χ3n) is 8.04. The summed E-state index contributed by atoms with van der Waals surface area (Å²) in [6, 6.07) is 12.4. The minimum absolute atomic E-state index is 0.0172. The van der Waals surface area contributed by atoms with Crippen molar-refractivity contribution in [2.75, 3.05) is 29.4 Å². The third kappa shape index (κ3) is 7.74. The van der Waals surface area contributed by atoms with Crippen LogP contribution in [0.25, 0.3) is 0 Å². The van der Waals surface area contributed by atoms with Crippen LogP contribution >= 0.6 is 0 Å². The molecule has 0 radical (unpaired) electrons. The highest BCUT2D eigenvalue weighted by Gasteiger charge is 2.27. The Balaban J connectivity index is 1.39. The van der Waals surface area contributed by atoms with Crippen molar-refractivity contribution >= 4 is 23.5 Å². The Labute approximate surface area is 234 Å². The topological polar surface area (TPSA) is 74.8 Å². The fourth-order valence-corrected chi connectivity index (χ4v) is 5.68. The van der Waals surface area contributed by atoms with Crippen LogP contribution in [0.3, 0.4) is 0 Å². The van der Waals surface area contributed by atoms with E-state index in [1.165, 1.54) is 37.7 Å². The molecule has 2 unspecified atom stereocenters. The molecule has 1 aliphatic heterocycles. The smallest absolute Gasteiger partial charge is 0.407 e. The van der Waals surface area contributed by atoms with E-state index >= 15 is 0 Å². The van der Waals surface area contributed by atoms with Gasteiger partial charge in [-0.15, -0.1) is 0 Å². The van der Waals surface area contributed by atoms with Gasteiger partial charge in [-0.1, -0.05) is 38.3 Å². The van der Waals surface area contributed by atoms with Crippen LogP contribution in [0.5, 0.6) is 0 Å². The molecule has 7 heteroatoms. The number of rotatable bonds is 8. The number of anilines is 2. The Morgan fingerprint density at radius 2 is 1.79 bits per heavy atom. The highest BCUT2D eigenvalue weighted by molar-refractivity contribution is 6.06. The summed E-state index contributed by atoms with van der Waals surface area (Å²) < 4.78 is 5.35. The number of benzene rings is 1. The summed E-state index contributed by atoms with van der Waals surface area (Å²) in [6.45, 7) is 12.1. The first-order chi connectivity index (χ1) is 18.6. The van der Waals surface area contributed by atoms with Crippen molar-refractivity contribution < 1.29 is 14.3 Å². The maximum Gasteiger partial charge on any atom is 0.407 e. The SMILES string of the molecule is CCC(C)N(C(=O)c1ccc(C2CCCCC2)cc1)c1ccc(N2CCC(CNC(=O)OC(C)(C)C)C2)nc1. The van der Waals surface area contributed by atoms with Crippen molar-refractivity contribution in [2.45, 2.75) is 97.1 Å². The van der Waals surface area contributed by atoms with E-state index < -0.39 is 5.60 Å². The molecule has 0 bridgehead atoms. The molecule has 2 atom stereocenters. The standard InChI is InChI=1S/C32H46N4O3/c1-6-23(2)36(30(37)27-14-12-26(13-15-27)25-10-8-7-9-11-25)28-16-17-29(33-21-28)35-19-18-24(22-35)20-34-31(38)39-32(3,4)5/h12-17,21,23-25H,6-11,18-20,22H2,1-5H3,(H,34,38). The van der Waals surface area contributed by atoms with E-state index in [4.69, 9.17) is 9.72 Å². The average molecular weight is 535 g/mol. The van der Waals surface area contributed by atoms with Gasteiger partial charge >= 0.3 is 6.09 Å². The van der Waals surface area contributed by atoms with Crippen molar-refractivity contribution in [3.05, 3.63) is 53.7 Å². The van der Waals surface area contributed by atoms with Gasteiger partial charge in [0.25, 0.3) is 5.91 Å². The first kappa shape index (κ1) is 28.9. The van der Waals surface area contributed by atoms with E-state index in [9.17, 15) is 9.59 Å². The number of amides is 2. The number of hydrogen-bond donors (Lipinski definition) is 1. The second-order valence-corrected chi connectivity index (χ2v) is 12.2. The summed E-state index contributed by atoms with van der Waals surface area (Å²) in [5, 5.41) is 2.89. The molecule has 2 heterocycles. The molecule has 1 saturated heterocycles. The molecule has 2 aromatic rings. The lowest BCUT2D eigenvalue weighted by Crippen LogP contribution is -2.38. The fourth-order valence-electron chi connectivity index (χ4n) is 5.68. The Kier molecular flexibility index (Phi) is 9.52. The summed E-state index contributed by atoms with van der Waals surface area (Å²) >= 11 is 0. The zero-order valence-electron chi connectivity index (χ0n) is 24.4. The van der Waals surface area contributed by atoms with Gasteiger partial charge in [-0.3, -0.25) is 4.79 Å². The van der Waals surface area contributed by atoms with Gasteiger partial charge in [-0.25, -0.2) is 9.78 Å². The van der Waals surface area contributed by atoms with Crippen LogP contribution in [-0.4, -0.2) is 48.3 Å². The molecule has 0 spiro atoms. The van der Waals surface area contributed by atoms with Gasteiger partial charge in [0, 0.05) is 31.2 Å². The molecule has 1 N–H and O–H groups in total. The van der Waals surface area contributed by atoms with E-state index in [2.05, 4.69) is 36.2 Å². The van der Waals surface area contributed by atoms with E-state index in [0.717, 1.165) is 43.0 Å². The number of pyridine rings is 1. The first-order valence-corrected chi connectivity index (χ1v) is 14.8. The zero-order chi connectivity index (χ0) is 28.0. The second-order valence-electron chi connectivity index (χ2n) is 12.2. The predicted molar refractivity (Wildman–Crippen MR) is 158 cm³/mol. The van der Waals surface area contributed by atoms with E-state index in [-0.39, 0.29) is 18.0 Å². The van der Waals surface area contributed by atoms with Crippen LogP contribution < -0.4 is 15.1 Å². The van der Waals surface area contributed by atoms with E-state index in [1.54, 1.807) is 0 Å². The number of ether oxygens (including phenoxy) is 1. The highest BCUT2D eigenvalue weighted by atomic mass is 16.6. The van der Waals surface area contributed by atoms with Crippen molar-refractivity contribution in [3.63, 3.8) is 0 Å². The molecule has 4 rings (SSSR count). The molecular formula is C32H46N4O3. The second kappa shape index (κ2) is 12.8. The Morgan fingerprint density at radius 1 is 1.08 bits per heavy atom. The van der Waals surface area contributed by atoms with Crippen LogP contribution in [0.1, 0.15) is 101 Å². The molecule has 1 saturated carbocycles. The summed E-state index contributed by atoms with van der Waals surface area (Å²) in [5.74, 6) is 1.88. The van der Waals surface area contributed by atoms with Crippen molar-refractivity contribution in [1.82, 2.24) is 10.3 Å². The van der Waals surface area contributed by atoms with Crippen LogP contribution in [0.4, 0.5) is 16.3 Å². The third-order valence-corrected chi connectivity index (χ3v) is 8.04. The van der Waals surface area contributed by atoms with Gasteiger partial charge in [-0.05, 0) is 95.0 Å². The van der Waals surface area contributed by atoms with Gasteiger partial charge in [0.15, 0.2) is 0 Å². The molecule has 1 aliphatic carbocycles. The van der Waals surface area contributed by atoms with Crippen LogP contribution in [-0.2, 0) is 4.74 Å². The molecule has 39 heavy (non-hydrogen) atoms. The van der Waals surface area contributed by atoms with Gasteiger partial charge in [0.1, 0.15) is 11.4 Å². The summed E-state index contributed by atoms with van der Waals surface area (Å²) in [4.78, 5) is 34.5. The monoisotopic (exact) mass is 534 g/mol. The predicted octanol–water partition coefficient (Wildman–Crippen LogP) is 6.93. The lowest BCUT2D eigenvalue weighted by atomic mass is 9.84. The van der Waals surface area contributed by atoms with Crippen LogP contribution in [0.15, 0.2) is 42.6 Å². The molecule has 1 aromatic carbocycles. The number of nitrogens with one attached hydrogen (secondary N) is 1. The number of aromatic nitrogens is 1. The highest BCUT2D eigenvalue weighted by Crippen LogP contribution is 2.33. The Hall–Kier alpha value is -3.09. The number of carbonyl (C=O) groups is 2. The number of alkyl carbamates (subject to hydrolysis) is 1. The van der Waals surface area contributed by atoms with Crippen molar-refractivity contribution in [3.8, 4) is 0 Å². The minimum atomic E-state index is -0.500. The van der Waals surface area contributed by atoms with Crippen LogP contribution in [0, 0.1) is 5.92 Å². The molecule has 2 amide bonds. The van der Waals surface area contributed by atoms with Gasteiger partial charge < -0.3 is 19.9 Å². The number of carbonyl (C=O) groups excluding carboxylic acids is 2. The quantitative estimate of drug-likeness (QED) is 0.398. The molecule has 7 nitrogen and oxygen atoms in total. The van der Waals surface area contributed by atoms with Gasteiger partial charge in [0.2, 0.25) is 0 Å². The summed E-state index contributed by atoms with van der Waals surface area (Å²) in [5.41, 5.74) is 2.40. The summed E-state index contributed by atoms with van der Waals surface area (Å²) in [6.07, 6.45) is 9.73. The molecule has 1 aromatic heterocycles. The molecule has 2 aliphatic rings. The Bertz CT molecular complexity index is 1090. The van der Waals surface area contributed by atoms with E-state index in [0.29, 0.717) is 18.4 Å². The fraction of sp³-hybridized carbons (Fsp3) is 0.594. The maximum atomic E-state index is 13.7. The normalized spacial score (nSPS) is 19.0. The minimum Gasteiger partial charge on any atom is -0.444 e. The molecule has 212 valence electrons. The van der Waals surface area contributed by atoms with Gasteiger partial charge in [-0.2, -0.15) is 0 Å². The first-order valence-electron chi connectivity index (χ1n) is 14.8. The Morgan fingerprint density at radius 3 is 2.41 bits per heavy atom. The lowest BCUT2D eigenvalue weighted by molar-refractivity contribution is 0.0520. The van der Waals surface area contributed by atoms with Crippen molar-refractivity contribution in [1.29, 1.82) is 0 Å². The zero-order valence-corrected chi connectivity index (χ0v) is 24.4. The molecule has 2 fully saturated rings.